The van der Waals surface area contributed by atoms with Crippen LogP contribution in [0.1, 0.15) is 24.5 Å². The number of benzene rings is 1. The third-order valence-corrected chi connectivity index (χ3v) is 3.75. The molecule has 2 nitrogen and oxygen atoms in total. The molecule has 0 aliphatic carbocycles. The number of nitrogens with zero attached hydrogens (tertiary/aromatic N) is 1. The fourth-order valence-corrected chi connectivity index (χ4v) is 2.34. The van der Waals surface area contributed by atoms with Crippen molar-refractivity contribution in [3.63, 3.8) is 0 Å². The van der Waals surface area contributed by atoms with Crippen molar-refractivity contribution in [2.45, 2.75) is 31.9 Å². The van der Waals surface area contributed by atoms with Crippen molar-refractivity contribution >= 4 is 0 Å². The summed E-state index contributed by atoms with van der Waals surface area (Å²) in [5.74, 6) is 0. The quantitative estimate of drug-likeness (QED) is 0.757. The van der Waals surface area contributed by atoms with Gasteiger partial charge in [-0.15, -0.1) is 0 Å². The number of hydrogen-bond acceptors (Lipinski definition) is 2. The van der Waals surface area contributed by atoms with E-state index in [4.69, 9.17) is 0 Å². The summed E-state index contributed by atoms with van der Waals surface area (Å²) in [4.78, 5) is 2.21. The average molecular weight is 205 g/mol. The summed E-state index contributed by atoms with van der Waals surface area (Å²) in [5, 5.41) is 10.7. The smallest absolute Gasteiger partial charge is 0.106 e. The van der Waals surface area contributed by atoms with Crippen LogP contribution in [0.4, 0.5) is 0 Å². The van der Waals surface area contributed by atoms with E-state index < -0.39 is 5.60 Å². The molecule has 1 heterocycles. The van der Waals surface area contributed by atoms with Crippen molar-refractivity contribution in [2.24, 2.45) is 0 Å². The average Bonchev–Trinajstić information content (AvgIpc) is 2.48. The summed E-state index contributed by atoms with van der Waals surface area (Å²) in [6, 6.07) is 8.42. The Morgan fingerprint density at radius 1 is 1.33 bits per heavy atom. The van der Waals surface area contributed by atoms with Gasteiger partial charge in [-0.1, -0.05) is 29.8 Å². The number of aryl methyl sites for hydroxylation is 1. The van der Waals surface area contributed by atoms with Crippen LogP contribution >= 0.6 is 0 Å². The van der Waals surface area contributed by atoms with Crippen molar-refractivity contribution in [3.8, 4) is 0 Å². The SMILES string of the molecule is Cc1ccc([C@@]2(O)CCN(C)[C@H]2C)cc1. The summed E-state index contributed by atoms with van der Waals surface area (Å²) in [6.07, 6.45) is 0.827. The lowest BCUT2D eigenvalue weighted by Crippen LogP contribution is -2.38. The minimum absolute atomic E-state index is 0.195. The van der Waals surface area contributed by atoms with Gasteiger partial charge in [0.05, 0.1) is 0 Å². The summed E-state index contributed by atoms with van der Waals surface area (Å²) >= 11 is 0. The Morgan fingerprint density at radius 2 is 1.93 bits per heavy atom. The van der Waals surface area contributed by atoms with Gasteiger partial charge >= 0.3 is 0 Å². The highest BCUT2D eigenvalue weighted by molar-refractivity contribution is 5.29. The topological polar surface area (TPSA) is 23.5 Å². The summed E-state index contributed by atoms with van der Waals surface area (Å²) < 4.78 is 0. The molecule has 1 aromatic rings. The fourth-order valence-electron chi connectivity index (χ4n) is 2.34. The molecule has 0 aromatic heterocycles. The van der Waals surface area contributed by atoms with Gasteiger partial charge in [0.15, 0.2) is 0 Å². The highest BCUT2D eigenvalue weighted by atomic mass is 16.3. The summed E-state index contributed by atoms with van der Waals surface area (Å²) in [5.41, 5.74) is 1.62. The molecular weight excluding hydrogens is 186 g/mol. The number of aliphatic hydroxyl groups is 1. The molecule has 2 heteroatoms. The zero-order valence-corrected chi connectivity index (χ0v) is 9.70. The first-order valence-corrected chi connectivity index (χ1v) is 5.54. The highest BCUT2D eigenvalue weighted by Gasteiger charge is 2.42. The van der Waals surface area contributed by atoms with E-state index in [0.717, 1.165) is 18.5 Å². The molecule has 0 bridgehead atoms. The van der Waals surface area contributed by atoms with Crippen molar-refractivity contribution in [3.05, 3.63) is 35.4 Å². The molecule has 0 saturated carbocycles. The van der Waals surface area contributed by atoms with Gasteiger partial charge in [0.1, 0.15) is 5.60 Å². The number of likely N-dealkylation sites (N-methyl/N-ethyl adjacent to an activating group) is 1. The molecule has 1 aromatic carbocycles. The summed E-state index contributed by atoms with van der Waals surface area (Å²) in [6.45, 7) is 5.12. The molecular formula is C13H19NO. The Balaban J connectivity index is 2.33. The Labute approximate surface area is 91.5 Å². The molecule has 15 heavy (non-hydrogen) atoms. The second-order valence-corrected chi connectivity index (χ2v) is 4.70. The number of rotatable bonds is 1. The molecule has 1 aliphatic rings. The van der Waals surface area contributed by atoms with Crippen LogP contribution in [0.15, 0.2) is 24.3 Å². The monoisotopic (exact) mass is 205 g/mol. The fraction of sp³-hybridized carbons (Fsp3) is 0.538. The van der Waals surface area contributed by atoms with E-state index in [2.05, 4.69) is 37.9 Å². The van der Waals surface area contributed by atoms with E-state index in [0.29, 0.717) is 0 Å². The van der Waals surface area contributed by atoms with Crippen LogP contribution in [-0.4, -0.2) is 29.6 Å². The van der Waals surface area contributed by atoms with Gasteiger partial charge in [-0.05, 0) is 32.9 Å². The largest absolute Gasteiger partial charge is 0.383 e. The minimum Gasteiger partial charge on any atom is -0.383 e. The van der Waals surface area contributed by atoms with E-state index in [-0.39, 0.29) is 6.04 Å². The maximum atomic E-state index is 10.7. The minimum atomic E-state index is -0.664. The van der Waals surface area contributed by atoms with Crippen LogP contribution < -0.4 is 0 Å². The molecule has 0 amide bonds. The van der Waals surface area contributed by atoms with Crippen molar-refractivity contribution in [2.75, 3.05) is 13.6 Å². The van der Waals surface area contributed by atoms with Crippen LogP contribution in [0.5, 0.6) is 0 Å². The molecule has 2 atom stereocenters. The van der Waals surface area contributed by atoms with Gasteiger partial charge in [0.2, 0.25) is 0 Å². The molecule has 82 valence electrons. The Kier molecular flexibility index (Phi) is 2.57. The highest BCUT2D eigenvalue weighted by Crippen LogP contribution is 2.36. The van der Waals surface area contributed by atoms with E-state index in [9.17, 15) is 5.11 Å². The molecule has 1 aliphatic heterocycles. The van der Waals surface area contributed by atoms with Crippen molar-refractivity contribution in [1.29, 1.82) is 0 Å². The van der Waals surface area contributed by atoms with E-state index in [1.54, 1.807) is 0 Å². The molecule has 0 spiro atoms. The molecule has 1 fully saturated rings. The second-order valence-electron chi connectivity index (χ2n) is 4.70. The van der Waals surface area contributed by atoms with Gasteiger partial charge in [-0.25, -0.2) is 0 Å². The maximum absolute atomic E-state index is 10.7. The standard InChI is InChI=1S/C13H19NO/c1-10-4-6-12(7-5-10)13(15)8-9-14(3)11(13)2/h4-7,11,15H,8-9H2,1-3H3/t11-,13+/m0/s1. The van der Waals surface area contributed by atoms with Crippen LogP contribution in [0.3, 0.4) is 0 Å². The Morgan fingerprint density at radius 3 is 2.40 bits per heavy atom. The lowest BCUT2D eigenvalue weighted by molar-refractivity contribution is 0.0109. The normalized spacial score (nSPS) is 32.1. The second kappa shape index (κ2) is 3.62. The molecule has 0 unspecified atom stereocenters. The molecule has 1 N–H and O–H groups in total. The molecule has 2 rings (SSSR count). The van der Waals surface area contributed by atoms with Crippen molar-refractivity contribution in [1.82, 2.24) is 4.90 Å². The number of hydrogen-bond donors (Lipinski definition) is 1. The predicted octanol–water partition coefficient (Wildman–Crippen LogP) is 1.91. The lowest BCUT2D eigenvalue weighted by Gasteiger charge is -2.30. The third-order valence-electron chi connectivity index (χ3n) is 3.75. The van der Waals surface area contributed by atoms with Crippen molar-refractivity contribution < 1.29 is 5.11 Å². The van der Waals surface area contributed by atoms with Crippen LogP contribution in [0.2, 0.25) is 0 Å². The van der Waals surface area contributed by atoms with E-state index >= 15 is 0 Å². The summed E-state index contributed by atoms with van der Waals surface area (Å²) in [7, 11) is 2.07. The predicted molar refractivity (Wildman–Crippen MR) is 61.8 cm³/mol. The van der Waals surface area contributed by atoms with Gasteiger partial charge in [0, 0.05) is 12.6 Å². The van der Waals surface area contributed by atoms with Gasteiger partial charge in [-0.2, -0.15) is 0 Å². The zero-order valence-electron chi connectivity index (χ0n) is 9.70. The first-order valence-electron chi connectivity index (χ1n) is 5.54. The van der Waals surface area contributed by atoms with E-state index in [1.165, 1.54) is 5.56 Å². The zero-order chi connectivity index (χ0) is 11.1. The van der Waals surface area contributed by atoms with Crippen LogP contribution in [0.25, 0.3) is 0 Å². The first-order chi connectivity index (χ1) is 7.04. The molecule has 1 saturated heterocycles. The Bertz CT molecular complexity index is 346. The maximum Gasteiger partial charge on any atom is 0.106 e. The van der Waals surface area contributed by atoms with Crippen LogP contribution in [-0.2, 0) is 5.60 Å². The Hall–Kier alpha value is -0.860. The van der Waals surface area contributed by atoms with Crippen LogP contribution in [0, 0.1) is 6.92 Å². The van der Waals surface area contributed by atoms with Gasteiger partial charge in [0.25, 0.3) is 0 Å². The first kappa shape index (κ1) is 10.7. The van der Waals surface area contributed by atoms with E-state index in [1.807, 2.05) is 12.1 Å². The van der Waals surface area contributed by atoms with Gasteiger partial charge in [-0.3, -0.25) is 0 Å². The lowest BCUT2D eigenvalue weighted by atomic mass is 9.87. The van der Waals surface area contributed by atoms with Gasteiger partial charge < -0.3 is 10.0 Å². The molecule has 0 radical (unpaired) electrons. The number of likely N-dealkylation sites (tertiary alicyclic amines) is 1. The third kappa shape index (κ3) is 1.68.